The van der Waals surface area contributed by atoms with E-state index in [1.165, 1.54) is 6.20 Å². The van der Waals surface area contributed by atoms with E-state index < -0.39 is 18.3 Å². The molecule has 0 unspecified atom stereocenters. The van der Waals surface area contributed by atoms with Crippen LogP contribution in [0.1, 0.15) is 4.88 Å². The quantitative estimate of drug-likeness (QED) is 0.826. The first-order valence-electron chi connectivity index (χ1n) is 3.74. The third-order valence-electron chi connectivity index (χ3n) is 1.42. The lowest BCUT2D eigenvalue weighted by Gasteiger charge is -2.13. The van der Waals surface area contributed by atoms with Crippen LogP contribution in [0.4, 0.5) is 22.7 Å². The molecular formula is C7H6F4N2OS. The van der Waals surface area contributed by atoms with Crippen LogP contribution in [0.3, 0.4) is 0 Å². The van der Waals surface area contributed by atoms with Crippen LogP contribution >= 0.6 is 11.3 Å². The molecule has 0 saturated heterocycles. The van der Waals surface area contributed by atoms with E-state index in [0.29, 0.717) is 4.88 Å². The Hall–Kier alpha value is -1.18. The van der Waals surface area contributed by atoms with Gasteiger partial charge in [-0.1, -0.05) is 0 Å². The molecule has 1 N–H and O–H groups in total. The molecule has 1 aromatic heterocycles. The Morgan fingerprint density at radius 1 is 1.60 bits per heavy atom. The van der Waals surface area contributed by atoms with Gasteiger partial charge in [-0.3, -0.25) is 10.1 Å². The Bertz CT molecular complexity index is 366. The first kappa shape index (κ1) is 11.9. The van der Waals surface area contributed by atoms with Crippen molar-refractivity contribution in [3.63, 3.8) is 0 Å². The van der Waals surface area contributed by atoms with Gasteiger partial charge in [0.15, 0.2) is 5.13 Å². The minimum atomic E-state index is -4.69. The first-order chi connectivity index (χ1) is 6.84. The third-order valence-corrected chi connectivity index (χ3v) is 2.25. The molecule has 8 heteroatoms. The van der Waals surface area contributed by atoms with Gasteiger partial charge in [-0.25, -0.2) is 13.8 Å². The van der Waals surface area contributed by atoms with E-state index in [-0.39, 0.29) is 5.13 Å². The highest BCUT2D eigenvalue weighted by Gasteiger charge is 2.49. The van der Waals surface area contributed by atoms with Gasteiger partial charge in [-0.2, -0.15) is 8.78 Å². The molecule has 0 radical (unpaired) electrons. The molecule has 1 amide bonds. The lowest BCUT2D eigenvalue weighted by Crippen LogP contribution is -2.40. The molecule has 0 aliphatic carbocycles. The molecular weight excluding hydrogens is 236 g/mol. The Morgan fingerprint density at radius 2 is 2.20 bits per heavy atom. The topological polar surface area (TPSA) is 42.0 Å². The van der Waals surface area contributed by atoms with Crippen molar-refractivity contribution >= 4 is 22.4 Å². The van der Waals surface area contributed by atoms with Crippen molar-refractivity contribution in [1.82, 2.24) is 4.98 Å². The fraction of sp³-hybridized carbons (Fsp3) is 0.429. The third kappa shape index (κ3) is 2.65. The van der Waals surface area contributed by atoms with Crippen LogP contribution in [0.2, 0.25) is 0 Å². The number of carbonyl (C=O) groups excluding carboxylic acids is 1. The average Bonchev–Trinajstić information content (AvgIpc) is 2.50. The Labute approximate surface area is 86.1 Å². The van der Waals surface area contributed by atoms with Crippen LogP contribution in [-0.2, 0) is 4.79 Å². The SMILES string of the molecule is Cc1cnc(NC(=O)C(F)(F)C(F)F)s1. The summed E-state index contributed by atoms with van der Waals surface area (Å²) in [5.74, 6) is -6.74. The van der Waals surface area contributed by atoms with Crippen LogP contribution in [0.15, 0.2) is 6.20 Å². The molecule has 0 aromatic carbocycles. The van der Waals surface area contributed by atoms with Gasteiger partial charge in [0.25, 0.3) is 0 Å². The minimum Gasteiger partial charge on any atom is -0.296 e. The summed E-state index contributed by atoms with van der Waals surface area (Å²) >= 11 is 0.923. The van der Waals surface area contributed by atoms with E-state index in [9.17, 15) is 22.4 Å². The lowest BCUT2D eigenvalue weighted by molar-refractivity contribution is -0.163. The van der Waals surface area contributed by atoms with E-state index in [1.807, 2.05) is 0 Å². The maximum absolute atomic E-state index is 12.4. The van der Waals surface area contributed by atoms with E-state index >= 15 is 0 Å². The minimum absolute atomic E-state index is 0.127. The van der Waals surface area contributed by atoms with Gasteiger partial charge in [-0.15, -0.1) is 11.3 Å². The zero-order valence-corrected chi connectivity index (χ0v) is 8.25. The molecule has 0 bridgehead atoms. The lowest BCUT2D eigenvalue weighted by atomic mass is 10.3. The van der Waals surface area contributed by atoms with Gasteiger partial charge >= 0.3 is 18.3 Å². The maximum Gasteiger partial charge on any atom is 0.383 e. The highest BCUT2D eigenvalue weighted by molar-refractivity contribution is 7.15. The van der Waals surface area contributed by atoms with Gasteiger partial charge in [-0.05, 0) is 6.92 Å². The number of hydrogen-bond donors (Lipinski definition) is 1. The Kier molecular flexibility index (Phi) is 3.28. The zero-order valence-electron chi connectivity index (χ0n) is 7.43. The number of carbonyl (C=O) groups is 1. The summed E-state index contributed by atoms with van der Waals surface area (Å²) in [6.45, 7) is 1.64. The maximum atomic E-state index is 12.4. The van der Waals surface area contributed by atoms with Crippen molar-refractivity contribution < 1.29 is 22.4 Å². The second-order valence-electron chi connectivity index (χ2n) is 2.65. The second kappa shape index (κ2) is 4.13. The zero-order chi connectivity index (χ0) is 11.6. The van der Waals surface area contributed by atoms with E-state index in [0.717, 1.165) is 11.3 Å². The van der Waals surface area contributed by atoms with Gasteiger partial charge in [0.2, 0.25) is 0 Å². The molecule has 0 fully saturated rings. The fourth-order valence-corrected chi connectivity index (χ4v) is 1.35. The molecule has 0 saturated carbocycles. The van der Waals surface area contributed by atoms with Crippen molar-refractivity contribution in [2.75, 3.05) is 5.32 Å². The molecule has 0 aliphatic heterocycles. The van der Waals surface area contributed by atoms with Gasteiger partial charge in [0, 0.05) is 11.1 Å². The number of rotatable bonds is 3. The van der Waals surface area contributed by atoms with Crippen LogP contribution < -0.4 is 5.32 Å². The van der Waals surface area contributed by atoms with Crippen LogP contribution in [0, 0.1) is 6.92 Å². The molecule has 1 rings (SSSR count). The second-order valence-corrected chi connectivity index (χ2v) is 3.89. The predicted octanol–water partition coefficient (Wildman–Crippen LogP) is 2.29. The number of alkyl halides is 4. The Balaban J connectivity index is 2.71. The number of halogens is 4. The number of amides is 1. The van der Waals surface area contributed by atoms with Crippen molar-refractivity contribution in [3.8, 4) is 0 Å². The van der Waals surface area contributed by atoms with Gasteiger partial charge in [0.1, 0.15) is 0 Å². The normalized spacial score (nSPS) is 11.9. The number of aromatic nitrogens is 1. The van der Waals surface area contributed by atoms with E-state index in [2.05, 4.69) is 4.98 Å². The smallest absolute Gasteiger partial charge is 0.296 e. The molecule has 15 heavy (non-hydrogen) atoms. The molecule has 3 nitrogen and oxygen atoms in total. The highest BCUT2D eigenvalue weighted by Crippen LogP contribution is 2.25. The summed E-state index contributed by atoms with van der Waals surface area (Å²) in [4.78, 5) is 14.9. The number of nitrogens with zero attached hydrogens (tertiary/aromatic N) is 1. The van der Waals surface area contributed by atoms with Crippen molar-refractivity contribution in [1.29, 1.82) is 0 Å². The summed E-state index contributed by atoms with van der Waals surface area (Å²) < 4.78 is 48.4. The number of anilines is 1. The number of thiazole rings is 1. The van der Waals surface area contributed by atoms with Crippen LogP contribution in [0.5, 0.6) is 0 Å². The van der Waals surface area contributed by atoms with Crippen LogP contribution in [-0.4, -0.2) is 23.2 Å². The molecule has 1 aromatic rings. The van der Waals surface area contributed by atoms with Gasteiger partial charge < -0.3 is 0 Å². The molecule has 84 valence electrons. The summed E-state index contributed by atoms with van der Waals surface area (Å²) in [5.41, 5.74) is 0. The largest absolute Gasteiger partial charge is 0.383 e. The summed E-state index contributed by atoms with van der Waals surface area (Å²) in [6.07, 6.45) is -2.69. The molecule has 0 atom stereocenters. The van der Waals surface area contributed by atoms with Crippen molar-refractivity contribution in [2.24, 2.45) is 0 Å². The fourth-order valence-electron chi connectivity index (χ4n) is 0.692. The van der Waals surface area contributed by atoms with Gasteiger partial charge in [0.05, 0.1) is 0 Å². The van der Waals surface area contributed by atoms with E-state index in [1.54, 1.807) is 12.2 Å². The average molecular weight is 242 g/mol. The molecule has 1 heterocycles. The van der Waals surface area contributed by atoms with E-state index in [4.69, 9.17) is 0 Å². The first-order valence-corrected chi connectivity index (χ1v) is 4.55. The number of nitrogens with one attached hydrogen (secondary N) is 1. The van der Waals surface area contributed by atoms with Crippen molar-refractivity contribution in [2.45, 2.75) is 19.3 Å². The number of hydrogen-bond acceptors (Lipinski definition) is 3. The summed E-state index contributed by atoms with van der Waals surface area (Å²) in [6, 6.07) is 0. The monoisotopic (exact) mass is 242 g/mol. The summed E-state index contributed by atoms with van der Waals surface area (Å²) in [5, 5.41) is 1.50. The van der Waals surface area contributed by atoms with Crippen molar-refractivity contribution in [3.05, 3.63) is 11.1 Å². The molecule has 0 spiro atoms. The highest BCUT2D eigenvalue weighted by atomic mass is 32.1. The summed E-state index contributed by atoms with van der Waals surface area (Å²) in [7, 11) is 0. The molecule has 0 aliphatic rings. The number of aryl methyl sites for hydroxylation is 1. The van der Waals surface area contributed by atoms with Crippen LogP contribution in [0.25, 0.3) is 0 Å². The predicted molar refractivity (Wildman–Crippen MR) is 46.4 cm³/mol. The Morgan fingerprint density at radius 3 is 2.60 bits per heavy atom. The standard InChI is InChI=1S/C7H6F4N2OS/c1-3-2-12-6(15-3)13-5(14)7(10,11)4(8)9/h2,4H,1H3,(H,12,13,14).